The predicted molar refractivity (Wildman–Crippen MR) is 86.7 cm³/mol. The SMILES string of the molecule is NC(=S)c1ccc(Br)cc1NCCC1CCCCO1. The molecule has 0 amide bonds. The van der Waals surface area contributed by atoms with Crippen molar-refractivity contribution in [3.05, 3.63) is 28.2 Å². The summed E-state index contributed by atoms with van der Waals surface area (Å²) in [6, 6.07) is 5.89. The number of anilines is 1. The van der Waals surface area contributed by atoms with Crippen LogP contribution >= 0.6 is 28.1 Å². The van der Waals surface area contributed by atoms with Gasteiger partial charge in [0.15, 0.2) is 0 Å². The van der Waals surface area contributed by atoms with E-state index in [1.54, 1.807) is 0 Å². The van der Waals surface area contributed by atoms with E-state index in [4.69, 9.17) is 22.7 Å². The molecule has 2 rings (SSSR count). The lowest BCUT2D eigenvalue weighted by molar-refractivity contribution is 0.0134. The van der Waals surface area contributed by atoms with Crippen LogP contribution in [0.25, 0.3) is 0 Å². The van der Waals surface area contributed by atoms with Gasteiger partial charge in [0.1, 0.15) is 4.99 Å². The van der Waals surface area contributed by atoms with Crippen LogP contribution in [0.3, 0.4) is 0 Å². The summed E-state index contributed by atoms with van der Waals surface area (Å²) in [6.07, 6.45) is 5.05. The van der Waals surface area contributed by atoms with Crippen molar-refractivity contribution in [1.29, 1.82) is 0 Å². The highest BCUT2D eigenvalue weighted by Crippen LogP contribution is 2.22. The molecule has 0 aliphatic carbocycles. The number of hydrogen-bond acceptors (Lipinski definition) is 3. The van der Waals surface area contributed by atoms with Crippen molar-refractivity contribution in [1.82, 2.24) is 0 Å². The summed E-state index contributed by atoms with van der Waals surface area (Å²) >= 11 is 8.53. The second-order valence-electron chi connectivity index (χ2n) is 4.76. The average Bonchev–Trinajstić information content (AvgIpc) is 2.39. The van der Waals surface area contributed by atoms with Crippen molar-refractivity contribution in [2.75, 3.05) is 18.5 Å². The van der Waals surface area contributed by atoms with Crippen LogP contribution in [0.4, 0.5) is 5.69 Å². The van der Waals surface area contributed by atoms with Crippen molar-refractivity contribution in [2.45, 2.75) is 31.8 Å². The zero-order valence-corrected chi connectivity index (χ0v) is 13.2. The molecule has 5 heteroatoms. The maximum absolute atomic E-state index is 5.73. The topological polar surface area (TPSA) is 47.3 Å². The van der Waals surface area contributed by atoms with Gasteiger partial charge in [-0.3, -0.25) is 0 Å². The highest BCUT2D eigenvalue weighted by molar-refractivity contribution is 9.10. The molecule has 1 saturated heterocycles. The Bertz CT molecular complexity index is 447. The van der Waals surface area contributed by atoms with Gasteiger partial charge in [0.05, 0.1) is 6.10 Å². The lowest BCUT2D eigenvalue weighted by Crippen LogP contribution is -2.22. The molecule has 19 heavy (non-hydrogen) atoms. The van der Waals surface area contributed by atoms with E-state index in [0.29, 0.717) is 11.1 Å². The molecular weight excluding hydrogens is 324 g/mol. The average molecular weight is 343 g/mol. The Morgan fingerprint density at radius 3 is 3.00 bits per heavy atom. The first-order chi connectivity index (χ1) is 9.16. The van der Waals surface area contributed by atoms with Gasteiger partial charge in [0, 0.05) is 28.9 Å². The largest absolute Gasteiger partial charge is 0.389 e. The first-order valence-corrected chi connectivity index (χ1v) is 7.82. The quantitative estimate of drug-likeness (QED) is 0.804. The summed E-state index contributed by atoms with van der Waals surface area (Å²) in [5.74, 6) is 0. The number of thiocarbonyl (C=S) groups is 1. The molecule has 0 radical (unpaired) electrons. The summed E-state index contributed by atoms with van der Waals surface area (Å²) in [4.78, 5) is 0.420. The highest BCUT2D eigenvalue weighted by atomic mass is 79.9. The van der Waals surface area contributed by atoms with Crippen LogP contribution in [-0.4, -0.2) is 24.2 Å². The molecule has 3 nitrogen and oxygen atoms in total. The Labute approximate surface area is 128 Å². The summed E-state index contributed by atoms with van der Waals surface area (Å²) in [7, 11) is 0. The fourth-order valence-electron chi connectivity index (χ4n) is 2.28. The standard InChI is InChI=1S/C14H19BrN2OS/c15-10-4-5-12(14(16)19)13(9-10)17-7-6-11-3-1-2-8-18-11/h4-5,9,11,17H,1-3,6-8H2,(H2,16,19). The molecule has 1 atom stereocenters. The Balaban J connectivity index is 1.91. The van der Waals surface area contributed by atoms with Gasteiger partial charge in [-0.25, -0.2) is 0 Å². The molecule has 0 spiro atoms. The van der Waals surface area contributed by atoms with Crippen LogP contribution in [0.5, 0.6) is 0 Å². The van der Waals surface area contributed by atoms with Crippen molar-refractivity contribution in [3.8, 4) is 0 Å². The molecule has 1 aromatic carbocycles. The van der Waals surface area contributed by atoms with Gasteiger partial charge in [0.25, 0.3) is 0 Å². The monoisotopic (exact) mass is 342 g/mol. The third kappa shape index (κ3) is 4.44. The van der Waals surface area contributed by atoms with E-state index in [9.17, 15) is 0 Å². The molecule has 3 N–H and O–H groups in total. The Morgan fingerprint density at radius 2 is 2.32 bits per heavy atom. The Morgan fingerprint density at radius 1 is 1.47 bits per heavy atom. The van der Waals surface area contributed by atoms with E-state index < -0.39 is 0 Å². The third-order valence-corrected chi connectivity index (χ3v) is 4.02. The molecule has 0 saturated carbocycles. The van der Waals surface area contributed by atoms with Crippen LogP contribution in [-0.2, 0) is 4.74 Å². The van der Waals surface area contributed by atoms with Crippen LogP contribution in [0.15, 0.2) is 22.7 Å². The van der Waals surface area contributed by atoms with E-state index in [2.05, 4.69) is 21.2 Å². The summed E-state index contributed by atoms with van der Waals surface area (Å²) in [5.41, 5.74) is 7.61. The molecular formula is C14H19BrN2OS. The molecule has 0 aromatic heterocycles. The number of halogens is 1. The lowest BCUT2D eigenvalue weighted by atomic mass is 10.1. The smallest absolute Gasteiger partial charge is 0.106 e. The zero-order chi connectivity index (χ0) is 13.7. The third-order valence-electron chi connectivity index (χ3n) is 3.30. The second-order valence-corrected chi connectivity index (χ2v) is 6.11. The van der Waals surface area contributed by atoms with Crippen LogP contribution in [0, 0.1) is 0 Å². The van der Waals surface area contributed by atoms with E-state index in [0.717, 1.165) is 35.3 Å². The molecule has 1 aliphatic rings. The van der Waals surface area contributed by atoms with Crippen LogP contribution in [0.1, 0.15) is 31.2 Å². The highest BCUT2D eigenvalue weighted by Gasteiger charge is 2.13. The van der Waals surface area contributed by atoms with Gasteiger partial charge < -0.3 is 15.8 Å². The van der Waals surface area contributed by atoms with Gasteiger partial charge in [-0.2, -0.15) is 0 Å². The van der Waals surface area contributed by atoms with Crippen molar-refractivity contribution < 1.29 is 4.74 Å². The number of ether oxygens (including phenoxy) is 1. The van der Waals surface area contributed by atoms with E-state index in [-0.39, 0.29) is 0 Å². The van der Waals surface area contributed by atoms with Gasteiger partial charge in [0.2, 0.25) is 0 Å². The van der Waals surface area contributed by atoms with E-state index in [1.807, 2.05) is 18.2 Å². The molecule has 1 heterocycles. The summed E-state index contributed by atoms with van der Waals surface area (Å²) in [6.45, 7) is 1.77. The fraction of sp³-hybridized carbons (Fsp3) is 0.500. The zero-order valence-electron chi connectivity index (χ0n) is 10.8. The minimum Gasteiger partial charge on any atom is -0.389 e. The first-order valence-electron chi connectivity index (χ1n) is 6.61. The summed E-state index contributed by atoms with van der Waals surface area (Å²) < 4.78 is 6.74. The van der Waals surface area contributed by atoms with Gasteiger partial charge >= 0.3 is 0 Å². The van der Waals surface area contributed by atoms with Gasteiger partial charge in [-0.1, -0.05) is 28.1 Å². The van der Waals surface area contributed by atoms with Crippen LogP contribution in [0.2, 0.25) is 0 Å². The second kappa shape index (κ2) is 7.22. The van der Waals surface area contributed by atoms with Gasteiger partial charge in [-0.05, 0) is 43.9 Å². The molecule has 1 aromatic rings. The number of hydrogen-bond donors (Lipinski definition) is 2. The predicted octanol–water partition coefficient (Wildman–Crippen LogP) is 3.45. The molecule has 104 valence electrons. The van der Waals surface area contributed by atoms with Crippen LogP contribution < -0.4 is 11.1 Å². The van der Waals surface area contributed by atoms with E-state index >= 15 is 0 Å². The van der Waals surface area contributed by atoms with Crippen molar-refractivity contribution in [2.24, 2.45) is 5.73 Å². The molecule has 1 unspecified atom stereocenters. The van der Waals surface area contributed by atoms with E-state index in [1.165, 1.54) is 19.3 Å². The molecule has 1 aliphatic heterocycles. The van der Waals surface area contributed by atoms with Gasteiger partial charge in [-0.15, -0.1) is 0 Å². The Hall–Kier alpha value is -0.650. The minimum absolute atomic E-state index is 0.390. The van der Waals surface area contributed by atoms with Crippen molar-refractivity contribution >= 4 is 38.8 Å². The number of benzene rings is 1. The maximum Gasteiger partial charge on any atom is 0.106 e. The number of rotatable bonds is 5. The lowest BCUT2D eigenvalue weighted by Gasteiger charge is -2.23. The molecule has 0 bridgehead atoms. The first kappa shape index (κ1) is 14.8. The fourth-order valence-corrected chi connectivity index (χ4v) is 2.82. The summed E-state index contributed by atoms with van der Waals surface area (Å²) in [5, 5.41) is 3.41. The Kier molecular flexibility index (Phi) is 5.60. The number of nitrogens with two attached hydrogens (primary N) is 1. The van der Waals surface area contributed by atoms with Crippen molar-refractivity contribution in [3.63, 3.8) is 0 Å². The normalized spacial score (nSPS) is 19.1. The maximum atomic E-state index is 5.73. The minimum atomic E-state index is 0.390. The number of nitrogens with one attached hydrogen (secondary N) is 1. The molecule has 1 fully saturated rings.